The summed E-state index contributed by atoms with van der Waals surface area (Å²) in [5, 5.41) is 13.5. The molecule has 7 heteroatoms. The van der Waals surface area contributed by atoms with Crippen LogP contribution in [0.1, 0.15) is 33.0 Å². The average molecular weight is 394 g/mol. The van der Waals surface area contributed by atoms with Gasteiger partial charge in [-0.15, -0.1) is 0 Å². The van der Waals surface area contributed by atoms with Crippen molar-refractivity contribution in [1.82, 2.24) is 5.43 Å². The number of nitrogens with one attached hydrogen (secondary N) is 1. The fraction of sp³-hybridized carbons (Fsp3) is 0.182. The lowest BCUT2D eigenvalue weighted by Gasteiger charge is -2.06. The summed E-state index contributed by atoms with van der Waals surface area (Å²) in [7, 11) is 1.45. The Hall–Kier alpha value is -3.74. The number of benzene rings is 2. The molecule has 0 bridgehead atoms. The van der Waals surface area contributed by atoms with Crippen LogP contribution in [0.4, 0.5) is 0 Å². The number of amides is 1. The van der Waals surface area contributed by atoms with Crippen LogP contribution in [0.15, 0.2) is 58.0 Å². The molecule has 2 N–H and O–H groups in total. The monoisotopic (exact) mass is 394 g/mol. The molecule has 0 spiro atoms. The lowest BCUT2D eigenvalue weighted by Crippen LogP contribution is -2.16. The van der Waals surface area contributed by atoms with Gasteiger partial charge in [0, 0.05) is 0 Å². The fourth-order valence-electron chi connectivity index (χ4n) is 2.74. The van der Waals surface area contributed by atoms with E-state index >= 15 is 0 Å². The van der Waals surface area contributed by atoms with E-state index in [1.54, 1.807) is 24.3 Å². The average Bonchev–Trinajstić information content (AvgIpc) is 3.16. The number of furan rings is 1. The minimum Gasteiger partial charge on any atom is -0.504 e. The zero-order valence-corrected chi connectivity index (χ0v) is 16.4. The largest absolute Gasteiger partial charge is 0.504 e. The molecule has 3 aromatic rings. The predicted molar refractivity (Wildman–Crippen MR) is 109 cm³/mol. The third-order valence-electron chi connectivity index (χ3n) is 4.05. The van der Waals surface area contributed by atoms with Crippen LogP contribution >= 0.6 is 0 Å². The van der Waals surface area contributed by atoms with E-state index in [2.05, 4.69) is 16.6 Å². The molecule has 0 atom stereocenters. The highest BCUT2D eigenvalue weighted by atomic mass is 16.5. The molecule has 1 aromatic heterocycles. The second-order valence-electron chi connectivity index (χ2n) is 6.51. The molecule has 7 nitrogen and oxygen atoms in total. The van der Waals surface area contributed by atoms with Crippen LogP contribution in [0.3, 0.4) is 0 Å². The van der Waals surface area contributed by atoms with Gasteiger partial charge in [0.25, 0.3) is 0 Å². The first-order valence-corrected chi connectivity index (χ1v) is 8.95. The second-order valence-corrected chi connectivity index (χ2v) is 6.51. The van der Waals surface area contributed by atoms with Crippen LogP contribution in [-0.4, -0.2) is 24.3 Å². The Labute approximate surface area is 168 Å². The summed E-state index contributed by atoms with van der Waals surface area (Å²) < 4.78 is 16.3. The van der Waals surface area contributed by atoms with Crippen LogP contribution in [-0.2, 0) is 6.61 Å². The van der Waals surface area contributed by atoms with Crippen molar-refractivity contribution in [2.75, 3.05) is 7.11 Å². The number of carbonyl (C=O) groups excluding carboxylic acids is 1. The molecule has 0 unspecified atom stereocenters. The number of phenols is 1. The number of aromatic hydroxyl groups is 1. The van der Waals surface area contributed by atoms with Crippen molar-refractivity contribution in [1.29, 1.82) is 0 Å². The standard InChI is InChI=1S/C22H22N2O5/c1-14-8-15(2)10-18(9-14)28-13-17-5-7-20(29-17)22(26)24-23-12-16-4-6-19(25)21(11-16)27-3/h4-12,25H,13H2,1-3H3,(H,24,26)/b23-12-. The Morgan fingerprint density at radius 3 is 2.62 bits per heavy atom. The third-order valence-corrected chi connectivity index (χ3v) is 4.05. The van der Waals surface area contributed by atoms with E-state index in [9.17, 15) is 9.90 Å². The van der Waals surface area contributed by atoms with Crippen molar-refractivity contribution >= 4 is 12.1 Å². The lowest BCUT2D eigenvalue weighted by molar-refractivity contribution is 0.0923. The molecule has 0 fully saturated rings. The molecular formula is C22H22N2O5. The van der Waals surface area contributed by atoms with Crippen molar-refractivity contribution in [3.05, 3.63) is 76.7 Å². The van der Waals surface area contributed by atoms with Gasteiger partial charge in [0.1, 0.15) is 18.1 Å². The van der Waals surface area contributed by atoms with Crippen LogP contribution in [0.2, 0.25) is 0 Å². The number of hydrazone groups is 1. The number of rotatable bonds is 7. The van der Waals surface area contributed by atoms with Gasteiger partial charge in [-0.2, -0.15) is 5.10 Å². The van der Waals surface area contributed by atoms with E-state index in [0.29, 0.717) is 17.1 Å². The van der Waals surface area contributed by atoms with E-state index in [1.165, 1.54) is 19.4 Å². The molecule has 0 radical (unpaired) electrons. The quantitative estimate of drug-likeness (QED) is 0.467. The van der Waals surface area contributed by atoms with Crippen molar-refractivity contribution in [3.8, 4) is 17.2 Å². The molecule has 150 valence electrons. The van der Waals surface area contributed by atoms with Crippen molar-refractivity contribution in [2.45, 2.75) is 20.5 Å². The van der Waals surface area contributed by atoms with Crippen molar-refractivity contribution in [2.24, 2.45) is 5.10 Å². The number of aryl methyl sites for hydroxylation is 2. The zero-order chi connectivity index (χ0) is 20.8. The van der Waals surface area contributed by atoms with Gasteiger partial charge in [-0.1, -0.05) is 6.07 Å². The molecular weight excluding hydrogens is 372 g/mol. The first-order valence-electron chi connectivity index (χ1n) is 8.95. The van der Waals surface area contributed by atoms with Gasteiger partial charge < -0.3 is 19.0 Å². The van der Waals surface area contributed by atoms with Gasteiger partial charge in [0.2, 0.25) is 0 Å². The minimum atomic E-state index is -0.482. The van der Waals surface area contributed by atoms with Crippen LogP contribution in [0.5, 0.6) is 17.2 Å². The number of methoxy groups -OCH3 is 1. The van der Waals surface area contributed by atoms with Crippen molar-refractivity contribution in [3.63, 3.8) is 0 Å². The van der Waals surface area contributed by atoms with Gasteiger partial charge in [-0.25, -0.2) is 5.43 Å². The highest BCUT2D eigenvalue weighted by Crippen LogP contribution is 2.25. The molecule has 0 saturated heterocycles. The van der Waals surface area contributed by atoms with Crippen LogP contribution in [0.25, 0.3) is 0 Å². The highest BCUT2D eigenvalue weighted by Gasteiger charge is 2.11. The van der Waals surface area contributed by atoms with Gasteiger partial charge in [-0.3, -0.25) is 4.79 Å². The molecule has 3 rings (SSSR count). The van der Waals surface area contributed by atoms with Crippen LogP contribution < -0.4 is 14.9 Å². The smallest absolute Gasteiger partial charge is 0.307 e. The highest BCUT2D eigenvalue weighted by molar-refractivity contribution is 5.92. The van der Waals surface area contributed by atoms with E-state index in [-0.39, 0.29) is 18.1 Å². The maximum Gasteiger partial charge on any atom is 0.307 e. The lowest BCUT2D eigenvalue weighted by atomic mass is 10.1. The number of phenolic OH excluding ortho intramolecular Hbond substituents is 1. The Balaban J connectivity index is 1.56. The summed E-state index contributed by atoms with van der Waals surface area (Å²) in [5.41, 5.74) is 5.28. The normalized spacial score (nSPS) is 10.9. The summed E-state index contributed by atoms with van der Waals surface area (Å²) in [6, 6.07) is 13.9. The maximum absolute atomic E-state index is 12.2. The van der Waals surface area contributed by atoms with Crippen molar-refractivity contribution < 1.29 is 23.8 Å². The number of hydrogen-bond donors (Lipinski definition) is 2. The predicted octanol–water partition coefficient (Wildman–Crippen LogP) is 3.95. The molecule has 0 aliphatic heterocycles. The summed E-state index contributed by atoms with van der Waals surface area (Å²) in [4.78, 5) is 12.2. The SMILES string of the molecule is COc1cc(/C=N\NC(=O)c2ccc(COc3cc(C)cc(C)c3)o2)ccc1O. The summed E-state index contributed by atoms with van der Waals surface area (Å²) in [6.07, 6.45) is 1.44. The van der Waals surface area contributed by atoms with Gasteiger partial charge in [0.15, 0.2) is 17.3 Å². The Kier molecular flexibility index (Phi) is 6.19. The zero-order valence-electron chi connectivity index (χ0n) is 16.4. The molecule has 0 saturated carbocycles. The number of nitrogens with zero attached hydrogens (tertiary/aromatic N) is 1. The van der Waals surface area contributed by atoms with E-state index in [0.717, 1.165) is 16.9 Å². The first kappa shape index (κ1) is 20.0. The summed E-state index contributed by atoms with van der Waals surface area (Å²) in [6.45, 7) is 4.22. The van der Waals surface area contributed by atoms with E-state index in [1.807, 2.05) is 26.0 Å². The number of hydrogen-bond acceptors (Lipinski definition) is 6. The first-order chi connectivity index (χ1) is 13.9. The second kappa shape index (κ2) is 8.97. The van der Waals surface area contributed by atoms with Gasteiger partial charge in [0.05, 0.1) is 13.3 Å². The number of ether oxygens (including phenoxy) is 2. The Morgan fingerprint density at radius 2 is 1.90 bits per heavy atom. The van der Waals surface area contributed by atoms with Gasteiger partial charge >= 0.3 is 5.91 Å². The van der Waals surface area contributed by atoms with E-state index in [4.69, 9.17) is 13.9 Å². The number of carbonyl (C=O) groups is 1. The molecule has 0 aliphatic carbocycles. The topological polar surface area (TPSA) is 93.3 Å². The molecule has 0 aliphatic rings. The Morgan fingerprint density at radius 1 is 1.14 bits per heavy atom. The summed E-state index contributed by atoms with van der Waals surface area (Å²) >= 11 is 0. The molecule has 1 heterocycles. The van der Waals surface area contributed by atoms with Crippen LogP contribution in [0, 0.1) is 13.8 Å². The summed E-state index contributed by atoms with van der Waals surface area (Å²) in [5.74, 6) is 1.27. The van der Waals surface area contributed by atoms with E-state index < -0.39 is 5.91 Å². The molecule has 29 heavy (non-hydrogen) atoms. The molecule has 2 aromatic carbocycles. The molecule has 1 amide bonds. The Bertz CT molecular complexity index is 1020. The van der Waals surface area contributed by atoms with Gasteiger partial charge in [-0.05, 0) is 73.0 Å². The fourth-order valence-corrected chi connectivity index (χ4v) is 2.74. The third kappa shape index (κ3) is 5.38. The minimum absolute atomic E-state index is 0.0276. The maximum atomic E-state index is 12.2.